The average Bonchev–Trinajstić information content (AvgIpc) is 2.94. The zero-order valence-electron chi connectivity index (χ0n) is 11.2. The lowest BCUT2D eigenvalue weighted by atomic mass is 10.3. The summed E-state index contributed by atoms with van der Waals surface area (Å²) in [7, 11) is 0. The molecular weight excluding hydrogens is 260 g/mol. The van der Waals surface area contributed by atoms with E-state index in [-0.39, 0.29) is 5.97 Å². The van der Waals surface area contributed by atoms with E-state index in [0.29, 0.717) is 43.5 Å². The number of hydrogen-bond acceptors (Lipinski definition) is 7. The van der Waals surface area contributed by atoms with Gasteiger partial charge in [-0.15, -0.1) is 0 Å². The summed E-state index contributed by atoms with van der Waals surface area (Å²) < 4.78 is 9.91. The standard InChI is InChI=1S/C13H16N4O3/c1-2-19-12(18)6-8-14-9-11-16-13(17-20-11)10-5-3-4-7-15-10/h3-5,7,14H,2,6,8-9H2,1H3. The predicted octanol–water partition coefficient (Wildman–Crippen LogP) is 1.17. The number of carbonyl (C=O) groups is 1. The van der Waals surface area contributed by atoms with Crippen LogP contribution in [0, 0.1) is 0 Å². The lowest BCUT2D eigenvalue weighted by molar-refractivity contribution is -0.142. The fourth-order valence-corrected chi connectivity index (χ4v) is 1.54. The zero-order valence-corrected chi connectivity index (χ0v) is 11.2. The van der Waals surface area contributed by atoms with Crippen molar-refractivity contribution in [2.45, 2.75) is 19.9 Å². The van der Waals surface area contributed by atoms with Crippen LogP contribution in [-0.4, -0.2) is 34.2 Å². The maximum absolute atomic E-state index is 11.1. The lowest BCUT2D eigenvalue weighted by Gasteiger charge is -2.01. The van der Waals surface area contributed by atoms with E-state index in [0.717, 1.165) is 0 Å². The van der Waals surface area contributed by atoms with Gasteiger partial charge in [-0.3, -0.25) is 9.78 Å². The number of nitrogens with one attached hydrogen (secondary N) is 1. The molecular formula is C13H16N4O3. The van der Waals surface area contributed by atoms with Crippen LogP contribution in [0.2, 0.25) is 0 Å². The number of ether oxygens (including phenoxy) is 1. The third-order valence-corrected chi connectivity index (χ3v) is 2.45. The van der Waals surface area contributed by atoms with E-state index in [9.17, 15) is 4.79 Å². The molecule has 0 fully saturated rings. The van der Waals surface area contributed by atoms with Crippen LogP contribution in [0.3, 0.4) is 0 Å². The van der Waals surface area contributed by atoms with Crippen molar-refractivity contribution < 1.29 is 14.1 Å². The molecule has 0 aromatic carbocycles. The highest BCUT2D eigenvalue weighted by Crippen LogP contribution is 2.11. The van der Waals surface area contributed by atoms with Crippen molar-refractivity contribution in [2.24, 2.45) is 0 Å². The molecule has 0 spiro atoms. The third kappa shape index (κ3) is 4.13. The van der Waals surface area contributed by atoms with Gasteiger partial charge < -0.3 is 14.6 Å². The summed E-state index contributed by atoms with van der Waals surface area (Å²) in [5, 5.41) is 6.89. The smallest absolute Gasteiger partial charge is 0.307 e. The van der Waals surface area contributed by atoms with Crippen LogP contribution in [0.5, 0.6) is 0 Å². The Morgan fingerprint density at radius 2 is 2.35 bits per heavy atom. The van der Waals surface area contributed by atoms with Gasteiger partial charge in [-0.25, -0.2) is 0 Å². The fourth-order valence-electron chi connectivity index (χ4n) is 1.54. The second-order valence-electron chi connectivity index (χ2n) is 3.96. The van der Waals surface area contributed by atoms with Crippen molar-refractivity contribution in [3.63, 3.8) is 0 Å². The molecule has 106 valence electrons. The Labute approximate surface area is 116 Å². The molecule has 0 aliphatic rings. The number of hydrogen-bond donors (Lipinski definition) is 1. The summed E-state index contributed by atoms with van der Waals surface area (Å²) >= 11 is 0. The van der Waals surface area contributed by atoms with Gasteiger partial charge in [-0.1, -0.05) is 11.2 Å². The van der Waals surface area contributed by atoms with Crippen molar-refractivity contribution in [1.82, 2.24) is 20.4 Å². The predicted molar refractivity (Wildman–Crippen MR) is 70.5 cm³/mol. The molecule has 2 aromatic rings. The molecule has 0 saturated heterocycles. The molecule has 0 unspecified atom stereocenters. The van der Waals surface area contributed by atoms with Crippen LogP contribution in [-0.2, 0) is 16.1 Å². The van der Waals surface area contributed by atoms with Gasteiger partial charge in [0.15, 0.2) is 0 Å². The van der Waals surface area contributed by atoms with Gasteiger partial charge in [0, 0.05) is 12.7 Å². The van der Waals surface area contributed by atoms with E-state index >= 15 is 0 Å². The van der Waals surface area contributed by atoms with Gasteiger partial charge in [-0.2, -0.15) is 4.98 Å². The topological polar surface area (TPSA) is 90.1 Å². The molecule has 2 rings (SSSR count). The first-order valence-electron chi connectivity index (χ1n) is 6.40. The highest BCUT2D eigenvalue weighted by atomic mass is 16.5. The first-order valence-corrected chi connectivity index (χ1v) is 6.40. The third-order valence-electron chi connectivity index (χ3n) is 2.45. The van der Waals surface area contributed by atoms with Crippen molar-refractivity contribution in [3.8, 4) is 11.5 Å². The highest BCUT2D eigenvalue weighted by molar-refractivity contribution is 5.69. The molecule has 7 heteroatoms. The van der Waals surface area contributed by atoms with E-state index in [1.807, 2.05) is 18.2 Å². The van der Waals surface area contributed by atoms with E-state index in [4.69, 9.17) is 9.26 Å². The normalized spacial score (nSPS) is 10.4. The summed E-state index contributed by atoms with van der Waals surface area (Å²) in [5.74, 6) is 0.682. The monoisotopic (exact) mass is 276 g/mol. The van der Waals surface area contributed by atoms with Gasteiger partial charge in [0.05, 0.1) is 19.6 Å². The molecule has 2 heterocycles. The van der Waals surface area contributed by atoms with Crippen molar-refractivity contribution in [1.29, 1.82) is 0 Å². The summed E-state index contributed by atoms with van der Waals surface area (Å²) in [5.41, 5.74) is 0.661. The molecule has 0 amide bonds. The Morgan fingerprint density at radius 1 is 1.45 bits per heavy atom. The molecule has 0 radical (unpaired) electrons. The second kappa shape index (κ2) is 7.34. The van der Waals surface area contributed by atoms with Gasteiger partial charge in [0.1, 0.15) is 5.69 Å². The largest absolute Gasteiger partial charge is 0.466 e. The molecule has 0 bridgehead atoms. The maximum atomic E-state index is 11.1. The number of pyridine rings is 1. The summed E-state index contributed by atoms with van der Waals surface area (Å²) in [6.07, 6.45) is 1.98. The Hall–Kier alpha value is -2.28. The van der Waals surface area contributed by atoms with Gasteiger partial charge in [0.2, 0.25) is 11.7 Å². The molecule has 1 N–H and O–H groups in total. The number of nitrogens with zero attached hydrogens (tertiary/aromatic N) is 3. The van der Waals surface area contributed by atoms with Crippen molar-refractivity contribution >= 4 is 5.97 Å². The second-order valence-corrected chi connectivity index (χ2v) is 3.96. The Bertz CT molecular complexity index is 542. The number of rotatable bonds is 7. The average molecular weight is 276 g/mol. The minimum Gasteiger partial charge on any atom is -0.466 e. The van der Waals surface area contributed by atoms with Gasteiger partial charge in [-0.05, 0) is 19.1 Å². The van der Waals surface area contributed by atoms with E-state index < -0.39 is 0 Å². The number of carbonyl (C=O) groups excluding carboxylic acids is 1. The summed E-state index contributed by atoms with van der Waals surface area (Å²) in [6, 6.07) is 5.49. The van der Waals surface area contributed by atoms with Crippen LogP contribution in [0.1, 0.15) is 19.2 Å². The Morgan fingerprint density at radius 3 is 3.10 bits per heavy atom. The zero-order chi connectivity index (χ0) is 14.2. The van der Waals surface area contributed by atoms with Crippen LogP contribution in [0.15, 0.2) is 28.9 Å². The first kappa shape index (κ1) is 14.1. The van der Waals surface area contributed by atoms with Crippen LogP contribution in [0.25, 0.3) is 11.5 Å². The SMILES string of the molecule is CCOC(=O)CCNCc1nc(-c2ccccn2)no1. The number of aromatic nitrogens is 3. The first-order chi connectivity index (χ1) is 9.79. The van der Waals surface area contributed by atoms with Crippen LogP contribution >= 0.6 is 0 Å². The maximum Gasteiger partial charge on any atom is 0.307 e. The number of esters is 1. The molecule has 20 heavy (non-hydrogen) atoms. The molecule has 2 aromatic heterocycles. The summed E-state index contributed by atoms with van der Waals surface area (Å²) in [6.45, 7) is 3.08. The quantitative estimate of drug-likeness (QED) is 0.599. The van der Waals surface area contributed by atoms with E-state index in [1.165, 1.54) is 0 Å². The van der Waals surface area contributed by atoms with Crippen molar-refractivity contribution in [3.05, 3.63) is 30.3 Å². The lowest BCUT2D eigenvalue weighted by Crippen LogP contribution is -2.19. The highest BCUT2D eigenvalue weighted by Gasteiger charge is 2.09. The van der Waals surface area contributed by atoms with Crippen molar-refractivity contribution in [2.75, 3.05) is 13.2 Å². The fraction of sp³-hybridized carbons (Fsp3) is 0.385. The van der Waals surface area contributed by atoms with Crippen LogP contribution < -0.4 is 5.32 Å². The molecule has 0 atom stereocenters. The molecule has 0 saturated carbocycles. The van der Waals surface area contributed by atoms with Gasteiger partial charge in [0.25, 0.3) is 0 Å². The minimum absolute atomic E-state index is 0.222. The minimum atomic E-state index is -0.222. The summed E-state index contributed by atoms with van der Waals surface area (Å²) in [4.78, 5) is 19.5. The Kier molecular flexibility index (Phi) is 5.19. The van der Waals surface area contributed by atoms with E-state index in [2.05, 4.69) is 20.4 Å². The molecule has 0 aliphatic heterocycles. The Balaban J connectivity index is 1.78. The molecule has 0 aliphatic carbocycles. The molecule has 7 nitrogen and oxygen atoms in total. The van der Waals surface area contributed by atoms with Gasteiger partial charge >= 0.3 is 5.97 Å². The van der Waals surface area contributed by atoms with Crippen LogP contribution in [0.4, 0.5) is 0 Å². The van der Waals surface area contributed by atoms with E-state index in [1.54, 1.807) is 13.1 Å².